The molecule has 7 fully saturated rings. The topological polar surface area (TPSA) is 641 Å². The van der Waals surface area contributed by atoms with Crippen molar-refractivity contribution in [3.63, 3.8) is 0 Å². The smallest absolute Gasteiger partial charge is 0.217 e. The Labute approximate surface area is 540 Å². The second-order valence-corrected chi connectivity index (χ2v) is 24.3. The summed E-state index contributed by atoms with van der Waals surface area (Å²) in [5.74, 6) is -2.67. The standard InChI is InChI=1S/C54H93N3O38/c1-13-27(67)35(75)39(79)50(83-13)91-43-24(11-62)89-48(26(57-18(6)65)44(43)92-49-25(56-17(5)64)34(74)31(71)21(8-59)86-49)82-12-20(66)30(70)42(19(7-58)55-16(4)63)90-54-47(95-52-41(81)37(77)29(69)15(3)85-52)45(33(73)23(10-61)88-54)93-53-46(38(78)32(72)22(9-60)87-53)94-51-40(80)36(76)28(68)14(2)84-51/h13-15,19-54,58-62,66-81H,7-12H2,1-6H3,(H,55,63)(H,56,64)(H,57,65)/t13-,14-,15-,19+,20-,21-,22-,23-,24-,25-,26-,27+,28+,29+,30+,31-,32+,33+,34-,35+,36+,37+,38+,39-,40-,41-,42-,43-,44-,45+,46-,47-,48-,49+,50-,51-,52-,53+,54+/m1/s1. The van der Waals surface area contributed by atoms with Crippen molar-refractivity contribution >= 4 is 17.7 Å². The number of carbonyl (C=O) groups is 3. The van der Waals surface area contributed by atoms with Crippen LogP contribution >= 0.6 is 0 Å². The van der Waals surface area contributed by atoms with Crippen molar-refractivity contribution in [2.24, 2.45) is 0 Å². The largest absolute Gasteiger partial charge is 0.394 e. The highest BCUT2D eigenvalue weighted by molar-refractivity contribution is 5.74. The van der Waals surface area contributed by atoms with Gasteiger partial charge in [-0.1, -0.05) is 0 Å². The van der Waals surface area contributed by atoms with Crippen LogP contribution < -0.4 is 16.0 Å². The first-order chi connectivity index (χ1) is 44.7. The van der Waals surface area contributed by atoms with Crippen molar-refractivity contribution in [1.29, 1.82) is 0 Å². The van der Waals surface area contributed by atoms with Crippen molar-refractivity contribution < 1.29 is 188 Å². The number of ether oxygens (including phenoxy) is 14. The predicted molar refractivity (Wildman–Crippen MR) is 297 cm³/mol. The Morgan fingerprint density at radius 1 is 0.379 bits per heavy atom. The summed E-state index contributed by atoms with van der Waals surface area (Å²) in [4.78, 5) is 38.6. The van der Waals surface area contributed by atoms with Crippen LogP contribution in [0.3, 0.4) is 0 Å². The molecule has 0 spiro atoms. The maximum atomic E-state index is 13.2. The van der Waals surface area contributed by atoms with Crippen LogP contribution in [0.2, 0.25) is 0 Å². The number of rotatable bonds is 26. The molecule has 7 heterocycles. The average molecular weight is 1390 g/mol. The van der Waals surface area contributed by atoms with E-state index in [-0.39, 0.29) is 0 Å². The molecule has 3 amide bonds. The van der Waals surface area contributed by atoms with Crippen molar-refractivity contribution in [3.8, 4) is 0 Å². The van der Waals surface area contributed by atoms with Crippen molar-refractivity contribution in [1.82, 2.24) is 16.0 Å². The molecule has 41 nitrogen and oxygen atoms in total. The highest BCUT2D eigenvalue weighted by Crippen LogP contribution is 2.39. The molecule has 0 radical (unpaired) electrons. The van der Waals surface area contributed by atoms with Gasteiger partial charge < -0.3 is 190 Å². The minimum Gasteiger partial charge on any atom is -0.394 e. The molecule has 95 heavy (non-hydrogen) atoms. The van der Waals surface area contributed by atoms with E-state index < -0.39 is 297 Å². The van der Waals surface area contributed by atoms with E-state index in [2.05, 4.69) is 16.0 Å². The molecule has 7 aliphatic heterocycles. The molecule has 0 aromatic carbocycles. The van der Waals surface area contributed by atoms with Crippen molar-refractivity contribution in [3.05, 3.63) is 0 Å². The molecule has 7 rings (SSSR count). The summed E-state index contributed by atoms with van der Waals surface area (Å²) in [5.41, 5.74) is 0. The first kappa shape index (κ1) is 79.3. The van der Waals surface area contributed by atoms with Gasteiger partial charge in [-0.3, -0.25) is 14.4 Å². The Balaban J connectivity index is 1.25. The summed E-state index contributed by atoms with van der Waals surface area (Å²) in [6.45, 7) is 0.0158. The second-order valence-electron chi connectivity index (χ2n) is 24.3. The van der Waals surface area contributed by atoms with Gasteiger partial charge in [0.2, 0.25) is 17.7 Å². The third-order valence-corrected chi connectivity index (χ3v) is 17.4. The van der Waals surface area contributed by atoms with Gasteiger partial charge in [0, 0.05) is 20.8 Å². The van der Waals surface area contributed by atoms with Crippen LogP contribution in [0.4, 0.5) is 0 Å². The third kappa shape index (κ3) is 18.0. The Morgan fingerprint density at radius 3 is 1.24 bits per heavy atom. The molecule has 24 N–H and O–H groups in total. The zero-order valence-electron chi connectivity index (χ0n) is 52.1. The average Bonchev–Trinajstić information content (AvgIpc) is 0.772. The second kappa shape index (κ2) is 34.6. The van der Waals surface area contributed by atoms with E-state index in [9.17, 15) is 122 Å². The zero-order valence-corrected chi connectivity index (χ0v) is 52.1. The number of hydrogen-bond donors (Lipinski definition) is 24. The lowest BCUT2D eigenvalue weighted by Gasteiger charge is -2.51. The van der Waals surface area contributed by atoms with Gasteiger partial charge in [0.1, 0.15) is 171 Å². The number of nitrogens with one attached hydrogen (secondary N) is 3. The van der Waals surface area contributed by atoms with Gasteiger partial charge >= 0.3 is 0 Å². The molecular weight excluding hydrogens is 1300 g/mol. The number of aliphatic hydroxyl groups excluding tert-OH is 21. The highest BCUT2D eigenvalue weighted by atomic mass is 16.8. The summed E-state index contributed by atoms with van der Waals surface area (Å²) in [6.07, 6.45) is -70.9. The van der Waals surface area contributed by atoms with Crippen LogP contribution in [0.5, 0.6) is 0 Å². The molecule has 0 unspecified atom stereocenters. The van der Waals surface area contributed by atoms with Gasteiger partial charge in [-0.15, -0.1) is 0 Å². The number of aliphatic hydroxyl groups is 21. The number of hydrogen-bond acceptors (Lipinski definition) is 38. The van der Waals surface area contributed by atoms with Gasteiger partial charge in [-0.25, -0.2) is 0 Å². The lowest BCUT2D eigenvalue weighted by atomic mass is 9.93. The van der Waals surface area contributed by atoms with E-state index in [0.717, 1.165) is 20.8 Å². The van der Waals surface area contributed by atoms with Crippen LogP contribution in [0.25, 0.3) is 0 Å². The number of amides is 3. The quantitative estimate of drug-likeness (QED) is 0.0382. The number of carbonyl (C=O) groups excluding carboxylic acids is 3. The maximum absolute atomic E-state index is 13.2. The molecule has 0 aliphatic carbocycles. The van der Waals surface area contributed by atoms with E-state index in [0.29, 0.717) is 0 Å². The minimum absolute atomic E-state index is 0.824. The van der Waals surface area contributed by atoms with E-state index in [1.165, 1.54) is 20.8 Å². The summed E-state index contributed by atoms with van der Waals surface area (Å²) in [7, 11) is 0. The zero-order chi connectivity index (χ0) is 70.5. The Bertz CT molecular complexity index is 2410. The predicted octanol–water partition coefficient (Wildman–Crippen LogP) is -15.3. The van der Waals surface area contributed by atoms with Gasteiger partial charge in [0.05, 0.1) is 64.0 Å². The van der Waals surface area contributed by atoms with Crippen LogP contribution in [-0.4, -0.2) is 404 Å². The fraction of sp³-hybridized carbons (Fsp3) is 0.944. The van der Waals surface area contributed by atoms with Crippen LogP contribution in [-0.2, 0) is 80.7 Å². The fourth-order valence-corrected chi connectivity index (χ4v) is 12.0. The van der Waals surface area contributed by atoms with Crippen LogP contribution in [0.1, 0.15) is 41.5 Å². The first-order valence-electron chi connectivity index (χ1n) is 30.6. The maximum Gasteiger partial charge on any atom is 0.217 e. The molecule has 41 heteroatoms. The molecule has 0 saturated carbocycles. The minimum atomic E-state index is -2.53. The van der Waals surface area contributed by atoms with Gasteiger partial charge in [0.15, 0.2) is 44.0 Å². The monoisotopic (exact) mass is 1390 g/mol. The van der Waals surface area contributed by atoms with Crippen molar-refractivity contribution in [2.75, 3.05) is 39.6 Å². The summed E-state index contributed by atoms with van der Waals surface area (Å²) in [6, 6.07) is -5.45. The van der Waals surface area contributed by atoms with E-state index >= 15 is 0 Å². The molecule has 0 aromatic rings. The van der Waals surface area contributed by atoms with Gasteiger partial charge in [-0.05, 0) is 20.8 Å². The van der Waals surface area contributed by atoms with Gasteiger partial charge in [0.25, 0.3) is 0 Å². The summed E-state index contributed by atoms with van der Waals surface area (Å²) >= 11 is 0. The van der Waals surface area contributed by atoms with Crippen LogP contribution in [0.15, 0.2) is 0 Å². The molecule has 7 aliphatic rings. The van der Waals surface area contributed by atoms with Crippen molar-refractivity contribution in [2.45, 2.75) is 281 Å². The lowest BCUT2D eigenvalue weighted by molar-refractivity contribution is -0.407. The van der Waals surface area contributed by atoms with E-state index in [4.69, 9.17) is 66.3 Å². The Hall–Kier alpha value is -2.99. The molecule has 552 valence electrons. The Morgan fingerprint density at radius 2 is 0.779 bits per heavy atom. The third-order valence-electron chi connectivity index (χ3n) is 17.4. The SMILES string of the molecule is CC(=O)N[C@H]1[C@H](O[C@@H]2[C@@H](NC(C)=O)[C@H](OC[C@@H](O)[C@H](O)[C@H](O[C@@H]3O[C@H](CO)[C@H](O)[C@H](O[C@@H]4O[C@H](CO)[C@H](O)[C@H](O)[C@H]4O[C@H]4O[C@H](C)[C@H](O)[C@H](O)[C@H]4O)[C@H]3O[C@H]3O[C@H](C)[C@H](O)[C@H](O)[C@H]3O)[C@H](CO)NC(C)=O)O[C@H](CO)[C@H]2O[C@H]2O[C@H](C)[C@H](O)[C@H](O)[C@H]2O)O[C@H](CO)[C@@H](O)[C@@H]1O. The lowest BCUT2D eigenvalue weighted by Crippen LogP contribution is -2.71. The van der Waals surface area contributed by atoms with E-state index in [1.54, 1.807) is 0 Å². The Kier molecular flexibility index (Phi) is 28.9. The first-order valence-corrected chi connectivity index (χ1v) is 30.6. The summed E-state index contributed by atoms with van der Waals surface area (Å²) < 4.78 is 83.6. The molecule has 0 aromatic heterocycles. The molecule has 39 atom stereocenters. The molecule has 7 saturated heterocycles. The highest BCUT2D eigenvalue weighted by Gasteiger charge is 2.59. The molecular formula is C54H93N3O38. The normalized spacial score (nSPS) is 47.2. The molecule has 0 bridgehead atoms. The van der Waals surface area contributed by atoms with Crippen LogP contribution in [0, 0.1) is 0 Å². The van der Waals surface area contributed by atoms with E-state index in [1.807, 2.05) is 0 Å². The summed E-state index contributed by atoms with van der Waals surface area (Å²) in [5, 5.41) is 238. The van der Waals surface area contributed by atoms with Gasteiger partial charge in [-0.2, -0.15) is 0 Å². The fourth-order valence-electron chi connectivity index (χ4n) is 12.0.